The van der Waals surface area contributed by atoms with E-state index in [1.54, 1.807) is 37.3 Å². The van der Waals surface area contributed by atoms with E-state index in [1.165, 1.54) is 12.1 Å². The number of hydrogen-bond acceptors (Lipinski definition) is 5. The second kappa shape index (κ2) is 8.77. The summed E-state index contributed by atoms with van der Waals surface area (Å²) in [6.07, 6.45) is 0. The van der Waals surface area contributed by atoms with Crippen LogP contribution in [-0.4, -0.2) is 39.9 Å². The molecule has 0 saturated carbocycles. The minimum absolute atomic E-state index is 0.0330. The molecule has 0 aliphatic heterocycles. The Balaban J connectivity index is 2.06. The van der Waals surface area contributed by atoms with Gasteiger partial charge in [0, 0.05) is 23.0 Å². The molecule has 1 amide bonds. The highest BCUT2D eigenvalue weighted by molar-refractivity contribution is 7.89. The van der Waals surface area contributed by atoms with Crippen molar-refractivity contribution in [3.8, 4) is 0 Å². The van der Waals surface area contributed by atoms with Gasteiger partial charge >= 0.3 is 0 Å². The number of likely N-dealkylation sites (N-methyl/N-ethyl adjacent to an activating group) is 1. The largest absolute Gasteiger partial charge is 0.326 e. The van der Waals surface area contributed by atoms with Crippen molar-refractivity contribution >= 4 is 33.0 Å². The van der Waals surface area contributed by atoms with Gasteiger partial charge in [-0.1, -0.05) is 19.9 Å². The third-order valence-corrected chi connectivity index (χ3v) is 6.33. The summed E-state index contributed by atoms with van der Waals surface area (Å²) in [5.74, 6) is -0.246. The quantitative estimate of drug-likeness (QED) is 0.720. The molecule has 1 heterocycles. The molecule has 1 aromatic carbocycles. The molecule has 1 aromatic heterocycles. The van der Waals surface area contributed by atoms with Crippen LogP contribution in [-0.2, 0) is 14.8 Å². The first-order valence-electron chi connectivity index (χ1n) is 8.31. The Morgan fingerprint density at radius 3 is 2.31 bits per heavy atom. The third-order valence-electron chi connectivity index (χ3n) is 3.92. The predicted octanol–water partition coefficient (Wildman–Crippen LogP) is 2.92. The average Bonchev–Trinajstić information content (AvgIpc) is 3.09. The Kier molecular flexibility index (Phi) is 6.94. The number of hydrogen-bond donors (Lipinski definition) is 2. The van der Waals surface area contributed by atoms with Crippen LogP contribution in [0.2, 0.25) is 0 Å². The Morgan fingerprint density at radius 1 is 1.15 bits per heavy atom. The lowest BCUT2D eigenvalue weighted by atomic mass is 10.2. The number of rotatable bonds is 8. The number of anilines is 1. The van der Waals surface area contributed by atoms with Gasteiger partial charge in [0.15, 0.2) is 0 Å². The predicted molar refractivity (Wildman–Crippen MR) is 106 cm³/mol. The Labute approximate surface area is 159 Å². The lowest BCUT2D eigenvalue weighted by molar-refractivity contribution is -0.118. The van der Waals surface area contributed by atoms with Crippen molar-refractivity contribution in [1.82, 2.24) is 9.62 Å². The monoisotopic (exact) mass is 395 g/mol. The van der Waals surface area contributed by atoms with Crippen LogP contribution in [0.5, 0.6) is 0 Å². The molecule has 6 nitrogen and oxygen atoms in total. The Hall–Kier alpha value is -1.74. The van der Waals surface area contributed by atoms with E-state index in [0.29, 0.717) is 5.69 Å². The van der Waals surface area contributed by atoms with Gasteiger partial charge in [-0.2, -0.15) is 0 Å². The minimum Gasteiger partial charge on any atom is -0.326 e. The number of benzene rings is 1. The molecule has 2 N–H and O–H groups in total. The van der Waals surface area contributed by atoms with E-state index in [-0.39, 0.29) is 29.3 Å². The average molecular weight is 396 g/mol. The SMILES string of the molecule is CC(C)C(=O)Nc1ccc(S(=O)(=O)NC[C@H](c2cccs2)N(C)C)cc1. The summed E-state index contributed by atoms with van der Waals surface area (Å²) in [6, 6.07) is 10.1. The van der Waals surface area contributed by atoms with Gasteiger partial charge in [0.1, 0.15) is 0 Å². The van der Waals surface area contributed by atoms with E-state index in [9.17, 15) is 13.2 Å². The number of carbonyl (C=O) groups is 1. The molecule has 8 heteroatoms. The number of sulfonamides is 1. The topological polar surface area (TPSA) is 78.5 Å². The van der Waals surface area contributed by atoms with Crippen LogP contribution in [0, 0.1) is 5.92 Å². The highest BCUT2D eigenvalue weighted by atomic mass is 32.2. The van der Waals surface area contributed by atoms with Crippen molar-refractivity contribution < 1.29 is 13.2 Å². The highest BCUT2D eigenvalue weighted by Crippen LogP contribution is 2.23. The molecule has 0 saturated heterocycles. The fraction of sp³-hybridized carbons (Fsp3) is 0.389. The maximum Gasteiger partial charge on any atom is 0.240 e. The number of nitrogens with one attached hydrogen (secondary N) is 2. The minimum atomic E-state index is -3.63. The molecule has 0 fully saturated rings. The van der Waals surface area contributed by atoms with Gasteiger partial charge in [-0.3, -0.25) is 4.79 Å². The van der Waals surface area contributed by atoms with E-state index >= 15 is 0 Å². The van der Waals surface area contributed by atoms with E-state index in [4.69, 9.17) is 0 Å². The summed E-state index contributed by atoms with van der Waals surface area (Å²) in [5.41, 5.74) is 0.576. The molecule has 142 valence electrons. The van der Waals surface area contributed by atoms with Crippen LogP contribution >= 0.6 is 11.3 Å². The number of thiophene rings is 1. The molecule has 0 unspecified atom stereocenters. The van der Waals surface area contributed by atoms with E-state index in [0.717, 1.165) is 4.88 Å². The first kappa shape index (κ1) is 20.6. The normalized spacial score (nSPS) is 13.2. The van der Waals surface area contributed by atoms with Gasteiger partial charge in [0.2, 0.25) is 15.9 Å². The van der Waals surface area contributed by atoms with Gasteiger partial charge in [0.25, 0.3) is 0 Å². The van der Waals surface area contributed by atoms with Gasteiger partial charge in [-0.05, 0) is 49.8 Å². The molecule has 26 heavy (non-hydrogen) atoms. The summed E-state index contributed by atoms with van der Waals surface area (Å²) < 4.78 is 27.8. The summed E-state index contributed by atoms with van der Waals surface area (Å²) in [6.45, 7) is 3.88. The zero-order chi connectivity index (χ0) is 19.3. The molecule has 0 aliphatic carbocycles. The molecule has 0 spiro atoms. The smallest absolute Gasteiger partial charge is 0.240 e. The van der Waals surface area contributed by atoms with Crippen LogP contribution in [0.15, 0.2) is 46.7 Å². The summed E-state index contributed by atoms with van der Waals surface area (Å²) >= 11 is 1.60. The Bertz CT molecular complexity index is 814. The van der Waals surface area contributed by atoms with E-state index in [2.05, 4.69) is 10.0 Å². The van der Waals surface area contributed by atoms with E-state index < -0.39 is 10.0 Å². The van der Waals surface area contributed by atoms with Crippen molar-refractivity contribution in [1.29, 1.82) is 0 Å². The molecule has 0 bridgehead atoms. The van der Waals surface area contributed by atoms with Crippen LogP contribution < -0.4 is 10.0 Å². The van der Waals surface area contributed by atoms with Crippen LogP contribution in [0.25, 0.3) is 0 Å². The maximum atomic E-state index is 12.6. The van der Waals surface area contributed by atoms with Crippen molar-refractivity contribution in [2.24, 2.45) is 5.92 Å². The molecular weight excluding hydrogens is 370 g/mol. The summed E-state index contributed by atoms with van der Waals surface area (Å²) in [4.78, 5) is 15.0. The number of amides is 1. The van der Waals surface area contributed by atoms with Crippen molar-refractivity contribution in [3.05, 3.63) is 46.7 Å². The lowest BCUT2D eigenvalue weighted by Gasteiger charge is -2.23. The standard InChI is InChI=1S/C18H25N3O3S2/c1-13(2)18(22)20-14-7-9-15(10-8-14)26(23,24)19-12-16(21(3)4)17-6-5-11-25-17/h5-11,13,16,19H,12H2,1-4H3,(H,20,22)/t16-/m1/s1. The van der Waals surface area contributed by atoms with Gasteiger partial charge < -0.3 is 10.2 Å². The molecule has 2 aromatic rings. The lowest BCUT2D eigenvalue weighted by Crippen LogP contribution is -2.34. The zero-order valence-corrected chi connectivity index (χ0v) is 17.0. The van der Waals surface area contributed by atoms with Crippen molar-refractivity contribution in [3.63, 3.8) is 0 Å². The Morgan fingerprint density at radius 2 is 1.81 bits per heavy atom. The zero-order valence-electron chi connectivity index (χ0n) is 15.4. The summed E-state index contributed by atoms with van der Waals surface area (Å²) in [7, 11) is 0.217. The number of nitrogens with zero attached hydrogens (tertiary/aromatic N) is 1. The number of carbonyl (C=O) groups excluding carboxylic acids is 1. The van der Waals surface area contributed by atoms with Gasteiger partial charge in [-0.25, -0.2) is 13.1 Å². The second-order valence-corrected chi connectivity index (χ2v) is 9.26. The van der Waals surface area contributed by atoms with Crippen molar-refractivity contribution in [2.45, 2.75) is 24.8 Å². The first-order chi connectivity index (χ1) is 12.2. The summed E-state index contributed by atoms with van der Waals surface area (Å²) in [5, 5.41) is 4.72. The van der Waals surface area contributed by atoms with Crippen LogP contribution in [0.1, 0.15) is 24.8 Å². The molecule has 0 radical (unpaired) electrons. The van der Waals surface area contributed by atoms with Gasteiger partial charge in [-0.15, -0.1) is 11.3 Å². The molecular formula is C18H25N3O3S2. The van der Waals surface area contributed by atoms with Gasteiger partial charge in [0.05, 0.1) is 10.9 Å². The highest BCUT2D eigenvalue weighted by Gasteiger charge is 2.20. The second-order valence-electron chi connectivity index (χ2n) is 6.52. The molecule has 1 atom stereocenters. The van der Waals surface area contributed by atoms with Crippen LogP contribution in [0.4, 0.5) is 5.69 Å². The van der Waals surface area contributed by atoms with Crippen molar-refractivity contribution in [2.75, 3.05) is 26.0 Å². The molecule has 2 rings (SSSR count). The maximum absolute atomic E-state index is 12.6. The first-order valence-corrected chi connectivity index (χ1v) is 10.7. The fourth-order valence-electron chi connectivity index (χ4n) is 2.29. The van der Waals surface area contributed by atoms with Crippen LogP contribution in [0.3, 0.4) is 0 Å². The third kappa shape index (κ3) is 5.38. The molecule has 0 aliphatic rings. The van der Waals surface area contributed by atoms with E-state index in [1.807, 2.05) is 36.5 Å². The fourth-order valence-corrected chi connectivity index (χ4v) is 4.26.